The van der Waals surface area contributed by atoms with Crippen molar-refractivity contribution in [3.63, 3.8) is 0 Å². The van der Waals surface area contributed by atoms with Gasteiger partial charge in [-0.15, -0.1) is 0 Å². The Morgan fingerprint density at radius 1 is 1.07 bits per heavy atom. The van der Waals surface area contributed by atoms with Crippen LogP contribution in [0.25, 0.3) is 0 Å². The summed E-state index contributed by atoms with van der Waals surface area (Å²) in [5, 5.41) is 0.751. The average Bonchev–Trinajstić information content (AvgIpc) is 2.75. The van der Waals surface area contributed by atoms with Crippen molar-refractivity contribution in [3.8, 4) is 0 Å². The monoisotopic (exact) mass is 427 g/mol. The van der Waals surface area contributed by atoms with E-state index < -0.39 is 5.95 Å². The number of nitrogens with one attached hydrogen (secondary N) is 1. The summed E-state index contributed by atoms with van der Waals surface area (Å²) in [7, 11) is 0. The molecule has 3 nitrogen and oxygen atoms in total. The zero-order valence-corrected chi connectivity index (χ0v) is 17.6. The minimum atomic E-state index is -0.501. The predicted molar refractivity (Wildman–Crippen MR) is 119 cm³/mol. The maximum Gasteiger partial charge on any atom is 0.214 e. The molecule has 2 aromatic carbocycles. The fourth-order valence-corrected chi connectivity index (χ4v) is 4.70. The third kappa shape index (κ3) is 5.30. The SMILES string of the molecule is Fc1cccc(NSc2ccc(CN3CCCCC3c3ccccc3)c(Cl)c2)n1. The Balaban J connectivity index is 1.43. The Hall–Kier alpha value is -2.08. The van der Waals surface area contributed by atoms with Crippen LogP contribution in [0.15, 0.2) is 71.6 Å². The number of piperidine rings is 1. The molecule has 1 aliphatic rings. The van der Waals surface area contributed by atoms with Crippen LogP contribution < -0.4 is 4.72 Å². The molecular weight excluding hydrogens is 405 g/mol. The van der Waals surface area contributed by atoms with E-state index in [2.05, 4.69) is 51.0 Å². The maximum absolute atomic E-state index is 13.2. The van der Waals surface area contributed by atoms with Gasteiger partial charge in [0.25, 0.3) is 0 Å². The van der Waals surface area contributed by atoms with Crippen LogP contribution in [-0.4, -0.2) is 16.4 Å². The second-order valence-corrected chi connectivity index (χ2v) is 8.48. The van der Waals surface area contributed by atoms with E-state index in [0.717, 1.165) is 28.6 Å². The van der Waals surface area contributed by atoms with Crippen molar-refractivity contribution in [2.75, 3.05) is 11.3 Å². The minimum absolute atomic E-state index is 0.441. The minimum Gasteiger partial charge on any atom is -0.310 e. The lowest BCUT2D eigenvalue weighted by atomic mass is 9.94. The maximum atomic E-state index is 13.2. The Morgan fingerprint density at radius 2 is 1.93 bits per heavy atom. The van der Waals surface area contributed by atoms with E-state index in [4.69, 9.17) is 11.6 Å². The molecule has 1 atom stereocenters. The fourth-order valence-electron chi connectivity index (χ4n) is 3.75. The summed E-state index contributed by atoms with van der Waals surface area (Å²) in [6.07, 6.45) is 3.67. The van der Waals surface area contributed by atoms with E-state index in [0.29, 0.717) is 11.9 Å². The molecule has 0 bridgehead atoms. The van der Waals surface area contributed by atoms with Gasteiger partial charge in [-0.05, 0) is 66.7 Å². The van der Waals surface area contributed by atoms with Crippen molar-refractivity contribution in [3.05, 3.63) is 88.8 Å². The van der Waals surface area contributed by atoms with Crippen LogP contribution in [0, 0.1) is 5.95 Å². The number of halogens is 2. The molecule has 1 unspecified atom stereocenters. The summed E-state index contributed by atoms with van der Waals surface area (Å²) in [5.41, 5.74) is 2.50. The second-order valence-electron chi connectivity index (χ2n) is 7.20. The van der Waals surface area contributed by atoms with Crippen LogP contribution in [0.5, 0.6) is 0 Å². The molecule has 4 rings (SSSR count). The molecule has 2 heterocycles. The van der Waals surface area contributed by atoms with Crippen molar-refractivity contribution in [1.29, 1.82) is 0 Å². The van der Waals surface area contributed by atoms with Crippen molar-refractivity contribution in [1.82, 2.24) is 9.88 Å². The van der Waals surface area contributed by atoms with Gasteiger partial charge in [0, 0.05) is 22.5 Å². The lowest BCUT2D eigenvalue weighted by molar-refractivity contribution is 0.140. The first-order valence-electron chi connectivity index (χ1n) is 9.82. The van der Waals surface area contributed by atoms with E-state index in [-0.39, 0.29) is 0 Å². The van der Waals surface area contributed by atoms with Crippen LogP contribution >= 0.6 is 23.5 Å². The topological polar surface area (TPSA) is 28.2 Å². The molecule has 0 radical (unpaired) electrons. The van der Waals surface area contributed by atoms with Gasteiger partial charge in [0.05, 0.1) is 0 Å². The first-order valence-corrected chi connectivity index (χ1v) is 11.0. The number of pyridine rings is 1. The number of likely N-dealkylation sites (tertiary alicyclic amines) is 1. The highest BCUT2D eigenvalue weighted by Crippen LogP contribution is 2.34. The van der Waals surface area contributed by atoms with Gasteiger partial charge in [-0.25, -0.2) is 4.98 Å². The number of hydrogen-bond acceptors (Lipinski definition) is 4. The predicted octanol–water partition coefficient (Wildman–Crippen LogP) is 6.72. The Bertz CT molecular complexity index is 954. The Labute approximate surface area is 180 Å². The fraction of sp³-hybridized carbons (Fsp3) is 0.261. The standard InChI is InChI=1S/C23H23ClFN3S/c24-20-15-19(29-27-23-11-6-10-22(25)26-23)13-12-18(20)16-28-14-5-4-9-21(28)17-7-2-1-3-8-17/h1-3,6-8,10-13,15,21H,4-5,9,14,16H2,(H,26,27). The zero-order valence-electron chi connectivity index (χ0n) is 16.0. The molecule has 29 heavy (non-hydrogen) atoms. The molecule has 1 N–H and O–H groups in total. The molecule has 1 aliphatic heterocycles. The molecule has 0 spiro atoms. The average molecular weight is 428 g/mol. The lowest BCUT2D eigenvalue weighted by Gasteiger charge is -2.36. The van der Waals surface area contributed by atoms with Gasteiger partial charge in [0.15, 0.2) is 0 Å². The molecule has 1 aromatic heterocycles. The number of aromatic nitrogens is 1. The molecule has 1 saturated heterocycles. The van der Waals surface area contributed by atoms with Crippen molar-refractivity contribution in [2.24, 2.45) is 0 Å². The first kappa shape index (κ1) is 20.2. The van der Waals surface area contributed by atoms with Crippen LogP contribution in [0.2, 0.25) is 5.02 Å². The second kappa shape index (κ2) is 9.61. The molecular formula is C23H23ClFN3S. The third-order valence-corrected chi connectivity index (χ3v) is 6.34. The van der Waals surface area contributed by atoms with Crippen LogP contribution in [0.4, 0.5) is 10.2 Å². The molecule has 3 aromatic rings. The quantitative estimate of drug-likeness (QED) is 0.349. The van der Waals surface area contributed by atoms with Gasteiger partial charge in [0.2, 0.25) is 5.95 Å². The van der Waals surface area contributed by atoms with Gasteiger partial charge in [-0.1, -0.05) is 60.5 Å². The first-order chi connectivity index (χ1) is 14.2. The smallest absolute Gasteiger partial charge is 0.214 e. The number of nitrogens with zero attached hydrogens (tertiary/aromatic N) is 2. The zero-order chi connectivity index (χ0) is 20.1. The van der Waals surface area contributed by atoms with Crippen molar-refractivity contribution >= 4 is 29.4 Å². The van der Waals surface area contributed by atoms with Gasteiger partial charge < -0.3 is 4.72 Å². The van der Waals surface area contributed by atoms with E-state index in [1.54, 1.807) is 12.1 Å². The molecule has 1 fully saturated rings. The summed E-state index contributed by atoms with van der Waals surface area (Å²) in [4.78, 5) is 7.30. The summed E-state index contributed by atoms with van der Waals surface area (Å²) in [5.74, 6) is -0.0206. The number of rotatable bonds is 6. The van der Waals surface area contributed by atoms with Gasteiger partial charge in [0.1, 0.15) is 5.82 Å². The molecule has 0 aliphatic carbocycles. The normalized spacial score (nSPS) is 17.2. The van der Waals surface area contributed by atoms with Gasteiger partial charge >= 0.3 is 0 Å². The molecule has 6 heteroatoms. The van der Waals surface area contributed by atoms with E-state index in [9.17, 15) is 4.39 Å². The Morgan fingerprint density at radius 3 is 2.72 bits per heavy atom. The van der Waals surface area contributed by atoms with Crippen molar-refractivity contribution in [2.45, 2.75) is 36.7 Å². The highest BCUT2D eigenvalue weighted by atomic mass is 35.5. The third-order valence-electron chi connectivity index (χ3n) is 5.18. The highest BCUT2D eigenvalue weighted by Gasteiger charge is 2.24. The number of hydrogen-bond donors (Lipinski definition) is 1. The van der Waals surface area contributed by atoms with Crippen LogP contribution in [-0.2, 0) is 6.54 Å². The largest absolute Gasteiger partial charge is 0.310 e. The highest BCUT2D eigenvalue weighted by molar-refractivity contribution is 8.00. The van der Waals surface area contributed by atoms with Crippen molar-refractivity contribution < 1.29 is 4.39 Å². The Kier molecular flexibility index (Phi) is 6.70. The van der Waals surface area contributed by atoms with Crippen LogP contribution in [0.1, 0.15) is 36.4 Å². The lowest BCUT2D eigenvalue weighted by Crippen LogP contribution is -2.33. The molecule has 0 amide bonds. The number of benzene rings is 2. The van der Waals surface area contributed by atoms with Crippen LogP contribution in [0.3, 0.4) is 0 Å². The van der Waals surface area contributed by atoms with E-state index in [1.165, 1.54) is 42.8 Å². The summed E-state index contributed by atoms with van der Waals surface area (Å²) >= 11 is 7.98. The van der Waals surface area contributed by atoms with Gasteiger partial charge in [-0.2, -0.15) is 4.39 Å². The summed E-state index contributed by atoms with van der Waals surface area (Å²) in [6, 6.07) is 21.9. The van der Waals surface area contributed by atoms with E-state index in [1.807, 2.05) is 12.1 Å². The number of anilines is 1. The van der Waals surface area contributed by atoms with E-state index >= 15 is 0 Å². The summed E-state index contributed by atoms with van der Waals surface area (Å²) < 4.78 is 16.3. The van der Waals surface area contributed by atoms with Gasteiger partial charge in [-0.3, -0.25) is 4.90 Å². The molecule has 0 saturated carbocycles. The summed E-state index contributed by atoms with van der Waals surface area (Å²) in [6.45, 7) is 1.92. The molecule has 150 valence electrons.